The van der Waals surface area contributed by atoms with Gasteiger partial charge in [-0.25, -0.2) is 16.7 Å². The summed E-state index contributed by atoms with van der Waals surface area (Å²) in [4.78, 5) is 0. The van der Waals surface area contributed by atoms with Crippen molar-refractivity contribution in [2.45, 2.75) is 30.8 Å². The Labute approximate surface area is 128 Å². The van der Waals surface area contributed by atoms with Crippen molar-refractivity contribution in [1.29, 1.82) is 0 Å². The van der Waals surface area contributed by atoms with Gasteiger partial charge in [-0.3, -0.25) is 4.18 Å². The Balaban J connectivity index is 1.78. The maximum Gasteiger partial charge on any atom is 0.400 e. The molecule has 0 amide bonds. The fourth-order valence-electron chi connectivity index (χ4n) is 1.72. The molecule has 2 fully saturated rings. The van der Waals surface area contributed by atoms with Gasteiger partial charge in [0.25, 0.3) is 10.1 Å². The molecule has 130 valence electrons. The molecule has 11 nitrogen and oxygen atoms in total. The largest absolute Gasteiger partial charge is 0.400 e. The van der Waals surface area contributed by atoms with E-state index in [-0.39, 0.29) is 13.0 Å². The van der Waals surface area contributed by atoms with Crippen LogP contribution >= 0.6 is 0 Å². The summed E-state index contributed by atoms with van der Waals surface area (Å²) in [5.74, 6) is 0. The van der Waals surface area contributed by atoms with Gasteiger partial charge >= 0.3 is 20.8 Å². The molecule has 2 aliphatic rings. The molecule has 0 aromatic heterocycles. The van der Waals surface area contributed by atoms with Crippen LogP contribution in [0.1, 0.15) is 13.3 Å². The van der Waals surface area contributed by atoms with Crippen molar-refractivity contribution in [2.75, 3.05) is 19.8 Å². The van der Waals surface area contributed by atoms with Gasteiger partial charge in [0.15, 0.2) is 0 Å². The lowest BCUT2D eigenvalue weighted by Crippen LogP contribution is -2.25. The van der Waals surface area contributed by atoms with Crippen LogP contribution in [0.25, 0.3) is 0 Å². The molecule has 22 heavy (non-hydrogen) atoms. The highest BCUT2D eigenvalue weighted by atomic mass is 32.3. The van der Waals surface area contributed by atoms with Crippen LogP contribution in [0.5, 0.6) is 0 Å². The maximum atomic E-state index is 11.5. The summed E-state index contributed by atoms with van der Waals surface area (Å²) < 4.78 is 89.3. The second-order valence-corrected chi connectivity index (χ2v) is 9.16. The molecule has 2 aliphatic heterocycles. The van der Waals surface area contributed by atoms with Crippen LogP contribution in [-0.2, 0) is 51.8 Å². The van der Waals surface area contributed by atoms with E-state index in [0.29, 0.717) is 0 Å². The highest BCUT2D eigenvalue weighted by molar-refractivity contribution is 7.87. The molecule has 14 heteroatoms. The highest BCUT2D eigenvalue weighted by Gasteiger charge is 2.37. The highest BCUT2D eigenvalue weighted by Crippen LogP contribution is 2.24. The van der Waals surface area contributed by atoms with Crippen molar-refractivity contribution < 1.29 is 46.2 Å². The summed E-state index contributed by atoms with van der Waals surface area (Å²) >= 11 is 0. The molecule has 0 aliphatic carbocycles. The molecule has 0 radical (unpaired) electrons. The predicted octanol–water partition coefficient (Wildman–Crippen LogP) is -1.57. The first-order chi connectivity index (χ1) is 9.99. The van der Waals surface area contributed by atoms with Crippen LogP contribution in [0, 0.1) is 0 Å². The standard InChI is InChI=1S/C8H14O11S3/c1-6-2-7(18-20(6,9)10)3-15-21(11,12)16-4-8-5-17-22(13,14)19-8/h6-8H,2-5H2,1H3. The smallest absolute Gasteiger partial charge is 0.264 e. The van der Waals surface area contributed by atoms with Crippen molar-refractivity contribution in [3.63, 3.8) is 0 Å². The summed E-state index contributed by atoms with van der Waals surface area (Å²) in [5, 5.41) is -0.751. The molecule has 2 heterocycles. The molecule has 0 N–H and O–H groups in total. The van der Waals surface area contributed by atoms with E-state index in [1.165, 1.54) is 6.92 Å². The third-order valence-electron chi connectivity index (χ3n) is 2.81. The monoisotopic (exact) mass is 382 g/mol. The van der Waals surface area contributed by atoms with Gasteiger partial charge in [0, 0.05) is 0 Å². The number of hydrogen-bond acceptors (Lipinski definition) is 11. The summed E-state index contributed by atoms with van der Waals surface area (Å²) in [7, 11) is -12.3. The number of rotatable bonds is 6. The minimum atomic E-state index is -4.45. The molecular weight excluding hydrogens is 368 g/mol. The van der Waals surface area contributed by atoms with E-state index in [1.54, 1.807) is 0 Å². The Bertz CT molecular complexity index is 706. The average Bonchev–Trinajstić information content (AvgIpc) is 2.85. The van der Waals surface area contributed by atoms with Crippen molar-refractivity contribution >= 4 is 30.9 Å². The van der Waals surface area contributed by atoms with E-state index in [1.807, 2.05) is 0 Å². The van der Waals surface area contributed by atoms with Crippen LogP contribution in [0.3, 0.4) is 0 Å². The Morgan fingerprint density at radius 3 is 2.09 bits per heavy atom. The summed E-state index contributed by atoms with van der Waals surface area (Å²) in [6, 6.07) is 0. The molecular formula is C8H14O11S3. The van der Waals surface area contributed by atoms with Gasteiger partial charge in [-0.2, -0.15) is 25.3 Å². The summed E-state index contributed by atoms with van der Waals surface area (Å²) in [5.41, 5.74) is 0. The van der Waals surface area contributed by atoms with Crippen LogP contribution in [0.2, 0.25) is 0 Å². The summed E-state index contributed by atoms with van der Waals surface area (Å²) in [6.45, 7) is -0.106. The Morgan fingerprint density at radius 2 is 1.64 bits per heavy atom. The van der Waals surface area contributed by atoms with Crippen LogP contribution in [-0.4, -0.2) is 62.5 Å². The van der Waals surface area contributed by atoms with Crippen molar-refractivity contribution in [3.05, 3.63) is 0 Å². The van der Waals surface area contributed by atoms with Gasteiger partial charge in [-0.1, -0.05) is 0 Å². The zero-order valence-corrected chi connectivity index (χ0v) is 13.7. The molecule has 0 spiro atoms. The zero-order valence-electron chi connectivity index (χ0n) is 11.3. The van der Waals surface area contributed by atoms with Gasteiger partial charge < -0.3 is 0 Å². The van der Waals surface area contributed by atoms with Crippen LogP contribution < -0.4 is 0 Å². The van der Waals surface area contributed by atoms with E-state index in [0.717, 1.165) is 0 Å². The van der Waals surface area contributed by atoms with Gasteiger partial charge in [-0.05, 0) is 13.3 Å². The summed E-state index contributed by atoms with van der Waals surface area (Å²) in [6.07, 6.45) is -1.94. The van der Waals surface area contributed by atoms with E-state index in [4.69, 9.17) is 0 Å². The second kappa shape index (κ2) is 6.27. The topological polar surface area (TPSA) is 149 Å². The fourth-order valence-corrected chi connectivity index (χ4v) is 4.39. The predicted molar refractivity (Wildman–Crippen MR) is 68.4 cm³/mol. The fraction of sp³-hybridized carbons (Fsp3) is 1.00. The van der Waals surface area contributed by atoms with Gasteiger partial charge in [-0.15, -0.1) is 0 Å². The molecule has 0 saturated carbocycles. The molecule has 3 atom stereocenters. The van der Waals surface area contributed by atoms with Gasteiger partial charge in [0.05, 0.1) is 25.1 Å². The first kappa shape index (κ1) is 18.0. The molecule has 3 unspecified atom stereocenters. The van der Waals surface area contributed by atoms with Gasteiger partial charge in [0.2, 0.25) is 0 Å². The second-order valence-electron chi connectivity index (χ2n) is 4.65. The SMILES string of the molecule is CC1CC(COS(=O)(=O)OCC2COS(=O)(=O)O2)OS1(=O)=O. The zero-order chi connectivity index (χ0) is 16.6. The Kier molecular flexibility index (Phi) is 5.13. The normalized spacial score (nSPS) is 34.0. The Morgan fingerprint density at radius 1 is 1.05 bits per heavy atom. The quantitative estimate of drug-likeness (QED) is 0.490. The maximum absolute atomic E-state index is 11.5. The van der Waals surface area contributed by atoms with E-state index < -0.39 is 61.6 Å². The lowest BCUT2D eigenvalue weighted by Gasteiger charge is -2.10. The lowest BCUT2D eigenvalue weighted by atomic mass is 10.2. The third-order valence-corrected chi connectivity index (χ3v) is 6.31. The van der Waals surface area contributed by atoms with Crippen LogP contribution in [0.4, 0.5) is 0 Å². The minimum absolute atomic E-state index is 0.0929. The number of hydrogen-bond donors (Lipinski definition) is 0. The third kappa shape index (κ3) is 4.82. The molecule has 0 aromatic rings. The van der Waals surface area contributed by atoms with Crippen LogP contribution in [0.15, 0.2) is 0 Å². The van der Waals surface area contributed by atoms with E-state index in [9.17, 15) is 25.3 Å². The molecule has 2 rings (SSSR count). The van der Waals surface area contributed by atoms with Gasteiger partial charge in [0.1, 0.15) is 12.2 Å². The molecule has 0 aromatic carbocycles. The molecule has 2 saturated heterocycles. The minimum Gasteiger partial charge on any atom is -0.264 e. The van der Waals surface area contributed by atoms with Crippen molar-refractivity contribution in [2.24, 2.45) is 0 Å². The van der Waals surface area contributed by atoms with E-state index in [2.05, 4.69) is 20.9 Å². The van der Waals surface area contributed by atoms with E-state index >= 15 is 0 Å². The first-order valence-corrected chi connectivity index (χ1v) is 10.2. The first-order valence-electron chi connectivity index (χ1n) is 6.03. The Hall–Kier alpha value is -0.350. The van der Waals surface area contributed by atoms with Crippen molar-refractivity contribution in [1.82, 2.24) is 0 Å². The lowest BCUT2D eigenvalue weighted by molar-refractivity contribution is 0.107. The average molecular weight is 382 g/mol. The molecule has 0 bridgehead atoms. The van der Waals surface area contributed by atoms with Crippen molar-refractivity contribution in [3.8, 4) is 0 Å².